The van der Waals surface area contributed by atoms with E-state index in [1.807, 2.05) is 13.2 Å². The number of halogens is 1. The smallest absolute Gasteiger partial charge is 0.356 e. The molecule has 0 unspecified atom stereocenters. The lowest BCUT2D eigenvalue weighted by molar-refractivity contribution is 0.0514. The Balaban J connectivity index is 2.98. The van der Waals surface area contributed by atoms with Gasteiger partial charge < -0.3 is 9.30 Å². The number of carbonyl (C=O) groups excluding carboxylic acids is 1. The maximum absolute atomic E-state index is 11.7. The van der Waals surface area contributed by atoms with Crippen molar-refractivity contribution >= 4 is 28.6 Å². The van der Waals surface area contributed by atoms with Crippen molar-refractivity contribution in [2.75, 3.05) is 6.61 Å². The fraction of sp³-hybridized carbons (Fsp3) is 0.455. The van der Waals surface area contributed by atoms with Crippen LogP contribution in [0.4, 0.5) is 0 Å². The first-order chi connectivity index (χ1) is 7.61. The van der Waals surface area contributed by atoms with Gasteiger partial charge in [-0.05, 0) is 41.5 Å². The normalized spacial score (nSPS) is 9.88. The van der Waals surface area contributed by atoms with E-state index in [2.05, 4.69) is 28.7 Å². The van der Waals surface area contributed by atoms with Gasteiger partial charge in [0.25, 0.3) is 0 Å². The highest BCUT2D eigenvalue weighted by Crippen LogP contribution is 2.21. The Morgan fingerprint density at radius 3 is 2.94 bits per heavy atom. The van der Waals surface area contributed by atoms with E-state index >= 15 is 0 Å². The highest BCUT2D eigenvalue weighted by Gasteiger charge is 2.18. The molecule has 0 saturated carbocycles. The molecule has 0 aliphatic heterocycles. The predicted octanol–water partition coefficient (Wildman–Crippen LogP) is 2.26. The molecule has 1 rings (SSSR count). The summed E-state index contributed by atoms with van der Waals surface area (Å²) in [5, 5.41) is 8.54. The molecule has 4 nitrogen and oxygen atoms in total. The Morgan fingerprint density at radius 2 is 2.38 bits per heavy atom. The molecular weight excluding hydrogens is 319 g/mol. The van der Waals surface area contributed by atoms with E-state index in [9.17, 15) is 4.79 Å². The number of hydrogen-bond donors (Lipinski definition) is 0. The zero-order valence-electron chi connectivity index (χ0n) is 9.29. The van der Waals surface area contributed by atoms with Crippen molar-refractivity contribution in [3.8, 4) is 6.07 Å². The van der Waals surface area contributed by atoms with Crippen LogP contribution >= 0.6 is 22.6 Å². The van der Waals surface area contributed by atoms with Crippen molar-refractivity contribution < 1.29 is 9.53 Å². The van der Waals surface area contributed by atoms with Crippen LogP contribution < -0.4 is 0 Å². The van der Waals surface area contributed by atoms with Gasteiger partial charge in [-0.15, -0.1) is 0 Å². The molecule has 0 radical (unpaired) electrons. The van der Waals surface area contributed by atoms with E-state index in [4.69, 9.17) is 10.00 Å². The van der Waals surface area contributed by atoms with Crippen LogP contribution in [0, 0.1) is 14.9 Å². The summed E-state index contributed by atoms with van der Waals surface area (Å²) in [6.07, 6.45) is 3.01. The number of nitrogens with zero attached hydrogens (tertiary/aromatic N) is 2. The lowest BCUT2D eigenvalue weighted by atomic mass is 10.2. The van der Waals surface area contributed by atoms with Gasteiger partial charge in [0.15, 0.2) is 0 Å². The third-order valence-electron chi connectivity index (χ3n) is 2.17. The fourth-order valence-corrected chi connectivity index (χ4v) is 2.47. The highest BCUT2D eigenvalue weighted by atomic mass is 127. The molecule has 1 heterocycles. The topological polar surface area (TPSA) is 55.0 Å². The van der Waals surface area contributed by atoms with E-state index < -0.39 is 0 Å². The lowest BCUT2D eigenvalue weighted by Gasteiger charge is -2.03. The van der Waals surface area contributed by atoms with Gasteiger partial charge in [0.1, 0.15) is 5.69 Å². The minimum Gasteiger partial charge on any atom is -0.461 e. The van der Waals surface area contributed by atoms with E-state index in [0.29, 0.717) is 25.1 Å². The summed E-state index contributed by atoms with van der Waals surface area (Å²) < 4.78 is 7.62. The molecule has 86 valence electrons. The van der Waals surface area contributed by atoms with Crippen LogP contribution in [0.1, 0.15) is 29.4 Å². The third-order valence-corrected chi connectivity index (χ3v) is 3.37. The predicted molar refractivity (Wildman–Crippen MR) is 68.0 cm³/mol. The molecule has 0 spiro atoms. The number of aryl methyl sites for hydroxylation is 2. The van der Waals surface area contributed by atoms with Crippen molar-refractivity contribution in [3.05, 3.63) is 21.0 Å². The number of esters is 1. The van der Waals surface area contributed by atoms with Crippen molar-refractivity contribution in [2.24, 2.45) is 7.05 Å². The first-order valence-electron chi connectivity index (χ1n) is 4.99. The molecule has 0 bridgehead atoms. The van der Waals surface area contributed by atoms with Gasteiger partial charge in [-0.25, -0.2) is 4.79 Å². The quantitative estimate of drug-likeness (QED) is 0.628. The van der Waals surface area contributed by atoms with E-state index in [-0.39, 0.29) is 5.97 Å². The van der Waals surface area contributed by atoms with Gasteiger partial charge in [0.05, 0.1) is 12.7 Å². The molecule has 1 aromatic rings. The third kappa shape index (κ3) is 2.76. The van der Waals surface area contributed by atoms with Crippen LogP contribution in [0.3, 0.4) is 0 Å². The second-order valence-electron chi connectivity index (χ2n) is 3.31. The SMILES string of the molecule is CCOC(=O)c1c(I)c(CCC#N)cn1C. The molecule has 0 aromatic carbocycles. The van der Waals surface area contributed by atoms with E-state index in [1.165, 1.54) is 0 Å². The van der Waals surface area contributed by atoms with E-state index in [0.717, 1.165) is 9.13 Å². The van der Waals surface area contributed by atoms with Crippen LogP contribution in [0.2, 0.25) is 0 Å². The fourth-order valence-electron chi connectivity index (χ4n) is 1.46. The zero-order chi connectivity index (χ0) is 12.1. The highest BCUT2D eigenvalue weighted by molar-refractivity contribution is 14.1. The van der Waals surface area contributed by atoms with Crippen LogP contribution in [-0.4, -0.2) is 17.1 Å². The molecule has 0 N–H and O–H groups in total. The van der Waals surface area contributed by atoms with Crippen molar-refractivity contribution in [1.29, 1.82) is 5.26 Å². The van der Waals surface area contributed by atoms with Gasteiger partial charge in [0.2, 0.25) is 0 Å². The average molecular weight is 332 g/mol. The van der Waals surface area contributed by atoms with Crippen LogP contribution in [0.25, 0.3) is 0 Å². The Hall–Kier alpha value is -1.03. The van der Waals surface area contributed by atoms with Gasteiger partial charge in [-0.2, -0.15) is 5.26 Å². The second kappa shape index (κ2) is 5.89. The largest absolute Gasteiger partial charge is 0.461 e. The average Bonchev–Trinajstić information content (AvgIpc) is 2.51. The summed E-state index contributed by atoms with van der Waals surface area (Å²) in [7, 11) is 1.81. The minimum absolute atomic E-state index is 0.308. The number of aromatic nitrogens is 1. The summed E-state index contributed by atoms with van der Waals surface area (Å²) in [4.78, 5) is 11.7. The summed E-state index contributed by atoms with van der Waals surface area (Å²) in [5.74, 6) is -0.308. The maximum atomic E-state index is 11.7. The standard InChI is InChI=1S/C11H13IN2O2/c1-3-16-11(15)10-9(12)8(5-4-6-13)7-14(10)2/h7H,3-5H2,1-2H3. The van der Waals surface area contributed by atoms with Gasteiger partial charge in [-0.3, -0.25) is 0 Å². The molecule has 0 aliphatic rings. The van der Waals surface area contributed by atoms with Gasteiger partial charge >= 0.3 is 5.97 Å². The first-order valence-corrected chi connectivity index (χ1v) is 6.07. The minimum atomic E-state index is -0.308. The Bertz CT molecular complexity index is 432. The molecule has 16 heavy (non-hydrogen) atoms. The Kier molecular flexibility index (Phi) is 4.80. The molecule has 0 atom stereocenters. The number of hydrogen-bond acceptors (Lipinski definition) is 3. The summed E-state index contributed by atoms with van der Waals surface area (Å²) >= 11 is 2.13. The van der Waals surface area contributed by atoms with Gasteiger partial charge in [0, 0.05) is 23.2 Å². The number of ether oxygens (including phenoxy) is 1. The monoisotopic (exact) mass is 332 g/mol. The molecule has 1 aromatic heterocycles. The molecule has 0 fully saturated rings. The number of rotatable bonds is 4. The van der Waals surface area contributed by atoms with Crippen LogP contribution in [0.15, 0.2) is 6.20 Å². The first kappa shape index (κ1) is 13.0. The summed E-state index contributed by atoms with van der Waals surface area (Å²) in [6, 6.07) is 2.10. The van der Waals surface area contributed by atoms with Crippen molar-refractivity contribution in [1.82, 2.24) is 4.57 Å². The molecule has 0 aliphatic carbocycles. The summed E-state index contributed by atoms with van der Waals surface area (Å²) in [6.45, 7) is 2.15. The number of nitriles is 1. The second-order valence-corrected chi connectivity index (χ2v) is 4.39. The molecule has 0 saturated heterocycles. The van der Waals surface area contributed by atoms with Gasteiger partial charge in [-0.1, -0.05) is 0 Å². The van der Waals surface area contributed by atoms with Crippen LogP contribution in [0.5, 0.6) is 0 Å². The Labute approximate surface area is 108 Å². The lowest BCUT2D eigenvalue weighted by Crippen LogP contribution is -2.10. The molecular formula is C11H13IN2O2. The number of carbonyl (C=O) groups is 1. The Morgan fingerprint density at radius 1 is 1.69 bits per heavy atom. The van der Waals surface area contributed by atoms with Crippen LogP contribution in [-0.2, 0) is 18.2 Å². The molecule has 0 amide bonds. The summed E-state index contributed by atoms with van der Waals surface area (Å²) in [5.41, 5.74) is 1.59. The molecule has 5 heteroatoms. The van der Waals surface area contributed by atoms with Crippen molar-refractivity contribution in [2.45, 2.75) is 19.8 Å². The van der Waals surface area contributed by atoms with Crippen molar-refractivity contribution in [3.63, 3.8) is 0 Å². The zero-order valence-corrected chi connectivity index (χ0v) is 11.4. The van der Waals surface area contributed by atoms with E-state index in [1.54, 1.807) is 11.5 Å². The maximum Gasteiger partial charge on any atom is 0.356 e.